The summed E-state index contributed by atoms with van der Waals surface area (Å²) in [5.41, 5.74) is 0. The molecular weight excluding hydrogens is 138 g/mol. The fraction of sp³-hybridized carbons (Fsp3) is 0.222. The molecule has 0 saturated carbocycles. The van der Waals surface area contributed by atoms with Gasteiger partial charge in [-0.15, -0.1) is 0 Å². The number of pyridine rings is 1. The SMILES string of the molecule is Oc1cc2c(cn1)=CCCC=2. The van der Waals surface area contributed by atoms with Crippen molar-refractivity contribution < 1.29 is 5.11 Å². The largest absolute Gasteiger partial charge is 0.493 e. The lowest BCUT2D eigenvalue weighted by atomic mass is 10.1. The summed E-state index contributed by atoms with van der Waals surface area (Å²) in [7, 11) is 0. The predicted molar refractivity (Wildman–Crippen MR) is 43.3 cm³/mol. The van der Waals surface area contributed by atoms with Crippen molar-refractivity contribution in [3.05, 3.63) is 22.7 Å². The molecule has 0 atom stereocenters. The van der Waals surface area contributed by atoms with E-state index in [2.05, 4.69) is 17.1 Å². The number of hydrogen-bond donors (Lipinski definition) is 1. The van der Waals surface area contributed by atoms with Gasteiger partial charge in [0, 0.05) is 12.3 Å². The van der Waals surface area contributed by atoms with Crippen molar-refractivity contribution in [2.75, 3.05) is 0 Å². The zero-order chi connectivity index (χ0) is 7.68. The molecule has 0 aromatic carbocycles. The highest BCUT2D eigenvalue weighted by molar-refractivity contribution is 5.38. The van der Waals surface area contributed by atoms with Crippen LogP contribution in [0.1, 0.15) is 12.8 Å². The minimum absolute atomic E-state index is 0.107. The average Bonchev–Trinajstić information content (AvgIpc) is 2.04. The van der Waals surface area contributed by atoms with Gasteiger partial charge in [-0.3, -0.25) is 0 Å². The van der Waals surface area contributed by atoms with Gasteiger partial charge in [-0.25, -0.2) is 4.98 Å². The molecule has 0 fully saturated rings. The van der Waals surface area contributed by atoms with E-state index in [0.29, 0.717) is 0 Å². The van der Waals surface area contributed by atoms with E-state index in [1.807, 2.05) is 0 Å². The molecule has 1 aromatic heterocycles. The molecule has 0 radical (unpaired) electrons. The Balaban J connectivity index is 2.80. The van der Waals surface area contributed by atoms with E-state index in [1.165, 1.54) is 0 Å². The van der Waals surface area contributed by atoms with Gasteiger partial charge in [-0.05, 0) is 23.3 Å². The lowest BCUT2D eigenvalue weighted by Crippen LogP contribution is -2.26. The summed E-state index contributed by atoms with van der Waals surface area (Å²) < 4.78 is 0. The quantitative estimate of drug-likeness (QED) is 0.566. The first kappa shape index (κ1) is 6.40. The van der Waals surface area contributed by atoms with Gasteiger partial charge in [-0.1, -0.05) is 12.2 Å². The van der Waals surface area contributed by atoms with Gasteiger partial charge in [0.25, 0.3) is 0 Å². The number of rotatable bonds is 0. The van der Waals surface area contributed by atoms with Gasteiger partial charge in [0.15, 0.2) is 0 Å². The lowest BCUT2D eigenvalue weighted by molar-refractivity contribution is 0.452. The maximum absolute atomic E-state index is 9.04. The molecule has 0 amide bonds. The number of aromatic nitrogens is 1. The van der Waals surface area contributed by atoms with Crippen molar-refractivity contribution in [2.24, 2.45) is 0 Å². The van der Waals surface area contributed by atoms with E-state index in [-0.39, 0.29) is 5.88 Å². The van der Waals surface area contributed by atoms with Crippen LogP contribution in [-0.4, -0.2) is 10.1 Å². The Morgan fingerprint density at radius 1 is 1.18 bits per heavy atom. The van der Waals surface area contributed by atoms with Crippen LogP contribution >= 0.6 is 0 Å². The first-order chi connectivity index (χ1) is 5.36. The van der Waals surface area contributed by atoms with Gasteiger partial charge in [0.2, 0.25) is 5.88 Å². The third kappa shape index (κ3) is 1.11. The summed E-state index contributed by atoms with van der Waals surface area (Å²) in [6.45, 7) is 0. The summed E-state index contributed by atoms with van der Waals surface area (Å²) in [4.78, 5) is 3.80. The van der Waals surface area contributed by atoms with Gasteiger partial charge in [0.05, 0.1) is 0 Å². The van der Waals surface area contributed by atoms with Crippen LogP contribution in [0.3, 0.4) is 0 Å². The molecule has 0 saturated heterocycles. The number of hydrogen-bond acceptors (Lipinski definition) is 2. The van der Waals surface area contributed by atoms with Crippen molar-refractivity contribution in [1.29, 1.82) is 0 Å². The minimum Gasteiger partial charge on any atom is -0.493 e. The van der Waals surface area contributed by atoms with Gasteiger partial charge < -0.3 is 5.11 Å². The summed E-state index contributed by atoms with van der Waals surface area (Å²) >= 11 is 0. The van der Waals surface area contributed by atoms with Crippen LogP contribution in [-0.2, 0) is 0 Å². The maximum atomic E-state index is 9.04. The van der Waals surface area contributed by atoms with Gasteiger partial charge in [0.1, 0.15) is 0 Å². The molecule has 11 heavy (non-hydrogen) atoms. The van der Waals surface area contributed by atoms with Crippen molar-refractivity contribution in [2.45, 2.75) is 12.8 Å². The van der Waals surface area contributed by atoms with Crippen molar-refractivity contribution in [1.82, 2.24) is 4.98 Å². The monoisotopic (exact) mass is 147 g/mol. The topological polar surface area (TPSA) is 33.1 Å². The summed E-state index contributed by atoms with van der Waals surface area (Å²) in [6.07, 6.45) is 8.12. The van der Waals surface area contributed by atoms with Crippen LogP contribution in [0.15, 0.2) is 12.3 Å². The normalized spacial score (nSPS) is 14.5. The highest BCUT2D eigenvalue weighted by Gasteiger charge is 1.94. The molecule has 56 valence electrons. The van der Waals surface area contributed by atoms with Crippen LogP contribution in [0.2, 0.25) is 0 Å². The number of aromatic hydroxyl groups is 1. The second-order valence-corrected chi connectivity index (χ2v) is 2.66. The standard InChI is InChI=1S/C9H9NO/c11-9-5-7-3-1-2-4-8(7)6-10-9/h3-6,11H,1-2H2. The Bertz CT molecular complexity index is 381. The molecule has 1 aliphatic rings. The van der Waals surface area contributed by atoms with E-state index in [9.17, 15) is 0 Å². The van der Waals surface area contributed by atoms with Crippen LogP contribution in [0.25, 0.3) is 12.2 Å². The molecule has 1 aliphatic carbocycles. The third-order valence-electron chi connectivity index (χ3n) is 1.85. The zero-order valence-electron chi connectivity index (χ0n) is 6.12. The van der Waals surface area contributed by atoms with Crippen molar-refractivity contribution in [3.63, 3.8) is 0 Å². The van der Waals surface area contributed by atoms with Crippen molar-refractivity contribution >= 4 is 12.2 Å². The molecule has 0 spiro atoms. The molecule has 1 heterocycles. The molecule has 0 unspecified atom stereocenters. The Morgan fingerprint density at radius 3 is 2.73 bits per heavy atom. The van der Waals surface area contributed by atoms with Crippen LogP contribution in [0.5, 0.6) is 5.88 Å². The van der Waals surface area contributed by atoms with Crippen molar-refractivity contribution in [3.8, 4) is 5.88 Å². The van der Waals surface area contributed by atoms with Gasteiger partial charge in [-0.2, -0.15) is 0 Å². The fourth-order valence-corrected chi connectivity index (χ4v) is 1.29. The molecule has 0 bridgehead atoms. The molecule has 1 N–H and O–H groups in total. The van der Waals surface area contributed by atoms with Crippen LogP contribution in [0.4, 0.5) is 0 Å². The molecule has 2 rings (SSSR count). The molecular formula is C9H9NO. The highest BCUT2D eigenvalue weighted by atomic mass is 16.3. The number of fused-ring (bicyclic) bond motifs is 1. The first-order valence-electron chi connectivity index (χ1n) is 3.72. The average molecular weight is 147 g/mol. The van der Waals surface area contributed by atoms with E-state index in [4.69, 9.17) is 5.11 Å². The highest BCUT2D eigenvalue weighted by Crippen LogP contribution is 1.97. The second-order valence-electron chi connectivity index (χ2n) is 2.66. The Morgan fingerprint density at radius 2 is 1.91 bits per heavy atom. The van der Waals surface area contributed by atoms with E-state index in [0.717, 1.165) is 23.3 Å². The summed E-state index contributed by atoms with van der Waals surface area (Å²) in [5, 5.41) is 11.3. The Hall–Kier alpha value is -1.31. The third-order valence-corrected chi connectivity index (χ3v) is 1.85. The van der Waals surface area contributed by atoms with E-state index < -0.39 is 0 Å². The lowest BCUT2D eigenvalue weighted by Gasteiger charge is -1.98. The van der Waals surface area contributed by atoms with Crippen LogP contribution < -0.4 is 10.4 Å². The smallest absolute Gasteiger partial charge is 0.211 e. The van der Waals surface area contributed by atoms with E-state index >= 15 is 0 Å². The number of nitrogens with zero attached hydrogens (tertiary/aromatic N) is 1. The minimum atomic E-state index is 0.107. The fourth-order valence-electron chi connectivity index (χ4n) is 1.29. The predicted octanol–water partition coefficient (Wildman–Crippen LogP) is 0.142. The Labute approximate surface area is 64.5 Å². The summed E-state index contributed by atoms with van der Waals surface area (Å²) in [5.74, 6) is 0.107. The van der Waals surface area contributed by atoms with Gasteiger partial charge >= 0.3 is 0 Å². The molecule has 1 aromatic rings. The molecule has 0 aliphatic heterocycles. The molecule has 2 heteroatoms. The maximum Gasteiger partial charge on any atom is 0.211 e. The van der Waals surface area contributed by atoms with E-state index in [1.54, 1.807) is 12.3 Å². The van der Waals surface area contributed by atoms with Crippen LogP contribution in [0, 0.1) is 0 Å². The second kappa shape index (κ2) is 2.38. The molecule has 2 nitrogen and oxygen atoms in total. The summed E-state index contributed by atoms with van der Waals surface area (Å²) in [6, 6.07) is 1.70. The Kier molecular flexibility index (Phi) is 1.39. The first-order valence-corrected chi connectivity index (χ1v) is 3.72. The zero-order valence-corrected chi connectivity index (χ0v) is 6.12.